The van der Waals surface area contributed by atoms with Gasteiger partial charge in [-0.1, -0.05) is 36.4 Å². The minimum Gasteiger partial charge on any atom is -0.295 e. The molecular weight excluding hydrogens is 212 g/mol. The average Bonchev–Trinajstić information content (AvgIpc) is 2.68. The van der Waals surface area contributed by atoms with Crippen molar-refractivity contribution in [2.75, 3.05) is 0 Å². The standard InChI is InChI=1S/C14H12N2O/c1-10-9-14(17)16(15-10)13-8-4-6-11-5-2-3-7-12(11)13/h2-9,15H,1H3. The zero-order chi connectivity index (χ0) is 11.8. The normalized spacial score (nSPS) is 10.9. The summed E-state index contributed by atoms with van der Waals surface area (Å²) in [5, 5.41) is 5.25. The molecule has 0 aliphatic rings. The Morgan fingerprint density at radius 1 is 1.06 bits per heavy atom. The van der Waals surface area contributed by atoms with E-state index in [0.29, 0.717) is 0 Å². The number of nitrogens with one attached hydrogen (secondary N) is 1. The van der Waals surface area contributed by atoms with Crippen molar-refractivity contribution in [3.05, 3.63) is 64.6 Å². The molecule has 0 aliphatic carbocycles. The maximum absolute atomic E-state index is 11.8. The molecule has 3 aromatic rings. The number of nitrogens with zero attached hydrogens (tertiary/aromatic N) is 1. The van der Waals surface area contributed by atoms with Crippen molar-refractivity contribution in [3.8, 4) is 5.69 Å². The van der Waals surface area contributed by atoms with Gasteiger partial charge in [-0.05, 0) is 18.4 Å². The molecule has 0 aliphatic heterocycles. The number of rotatable bonds is 1. The Balaban J connectivity index is 2.38. The molecule has 0 saturated heterocycles. The molecular formula is C14H12N2O. The summed E-state index contributed by atoms with van der Waals surface area (Å²) in [6.45, 7) is 1.88. The van der Waals surface area contributed by atoms with Crippen LogP contribution in [0.2, 0.25) is 0 Å². The fourth-order valence-corrected chi connectivity index (χ4v) is 2.10. The maximum atomic E-state index is 11.8. The molecule has 0 spiro atoms. The topological polar surface area (TPSA) is 37.8 Å². The highest BCUT2D eigenvalue weighted by Crippen LogP contribution is 2.20. The minimum absolute atomic E-state index is 0.0288. The van der Waals surface area contributed by atoms with Gasteiger partial charge in [-0.25, -0.2) is 4.68 Å². The van der Waals surface area contributed by atoms with Crippen LogP contribution in [0.25, 0.3) is 16.5 Å². The number of aromatic amines is 1. The van der Waals surface area contributed by atoms with Gasteiger partial charge in [0.25, 0.3) is 5.56 Å². The van der Waals surface area contributed by atoms with Gasteiger partial charge in [0.15, 0.2) is 0 Å². The third-order valence-electron chi connectivity index (χ3n) is 2.86. The molecule has 1 aromatic heterocycles. The Morgan fingerprint density at radius 3 is 2.59 bits per heavy atom. The summed E-state index contributed by atoms with van der Waals surface area (Å²) in [5.74, 6) is 0. The Morgan fingerprint density at radius 2 is 1.82 bits per heavy atom. The highest BCUT2D eigenvalue weighted by Gasteiger charge is 2.05. The molecule has 0 saturated carbocycles. The molecule has 0 bridgehead atoms. The van der Waals surface area contributed by atoms with Gasteiger partial charge in [0.2, 0.25) is 0 Å². The van der Waals surface area contributed by atoms with E-state index in [1.54, 1.807) is 10.7 Å². The lowest BCUT2D eigenvalue weighted by Crippen LogP contribution is -2.13. The average molecular weight is 224 g/mol. The van der Waals surface area contributed by atoms with E-state index in [0.717, 1.165) is 22.2 Å². The van der Waals surface area contributed by atoms with Gasteiger partial charge in [0, 0.05) is 17.1 Å². The smallest absolute Gasteiger partial charge is 0.271 e. The number of hydrogen-bond acceptors (Lipinski definition) is 1. The number of benzene rings is 2. The van der Waals surface area contributed by atoms with E-state index in [4.69, 9.17) is 0 Å². The monoisotopic (exact) mass is 224 g/mol. The first-order chi connectivity index (χ1) is 8.25. The van der Waals surface area contributed by atoms with E-state index in [-0.39, 0.29) is 5.56 Å². The van der Waals surface area contributed by atoms with Crippen LogP contribution in [0.5, 0.6) is 0 Å². The second kappa shape index (κ2) is 3.63. The first kappa shape index (κ1) is 9.90. The lowest BCUT2D eigenvalue weighted by atomic mass is 10.1. The zero-order valence-electron chi connectivity index (χ0n) is 9.47. The quantitative estimate of drug-likeness (QED) is 0.678. The summed E-state index contributed by atoms with van der Waals surface area (Å²) in [5.41, 5.74) is 1.72. The molecule has 3 heteroatoms. The maximum Gasteiger partial charge on any atom is 0.271 e. The van der Waals surface area contributed by atoms with Crippen LogP contribution >= 0.6 is 0 Å². The molecule has 17 heavy (non-hydrogen) atoms. The van der Waals surface area contributed by atoms with E-state index >= 15 is 0 Å². The van der Waals surface area contributed by atoms with E-state index in [1.165, 1.54) is 0 Å². The largest absolute Gasteiger partial charge is 0.295 e. The Bertz CT molecular complexity index is 732. The van der Waals surface area contributed by atoms with E-state index in [2.05, 4.69) is 5.10 Å². The van der Waals surface area contributed by atoms with Gasteiger partial charge < -0.3 is 0 Å². The van der Waals surface area contributed by atoms with Crippen LogP contribution in [0.4, 0.5) is 0 Å². The number of H-pyrrole nitrogens is 1. The summed E-state index contributed by atoms with van der Waals surface area (Å²) in [6.07, 6.45) is 0. The molecule has 0 atom stereocenters. The minimum atomic E-state index is -0.0288. The first-order valence-corrected chi connectivity index (χ1v) is 5.52. The molecule has 84 valence electrons. The Hall–Kier alpha value is -2.29. The zero-order valence-corrected chi connectivity index (χ0v) is 9.47. The number of aromatic nitrogens is 2. The molecule has 0 radical (unpaired) electrons. The van der Waals surface area contributed by atoms with E-state index < -0.39 is 0 Å². The SMILES string of the molecule is Cc1cc(=O)n(-c2cccc3ccccc23)[nH]1. The highest BCUT2D eigenvalue weighted by molar-refractivity contribution is 5.89. The van der Waals surface area contributed by atoms with Crippen LogP contribution < -0.4 is 5.56 Å². The van der Waals surface area contributed by atoms with Gasteiger partial charge >= 0.3 is 0 Å². The third kappa shape index (κ3) is 1.56. The first-order valence-electron chi connectivity index (χ1n) is 5.52. The van der Waals surface area contributed by atoms with Gasteiger partial charge in [0.1, 0.15) is 0 Å². The van der Waals surface area contributed by atoms with Crippen LogP contribution in [0.3, 0.4) is 0 Å². The second-order valence-electron chi connectivity index (χ2n) is 4.11. The van der Waals surface area contributed by atoms with Crippen molar-refractivity contribution < 1.29 is 0 Å². The van der Waals surface area contributed by atoms with Crippen LogP contribution in [0.15, 0.2) is 53.3 Å². The molecule has 1 N–H and O–H groups in total. The van der Waals surface area contributed by atoms with E-state index in [1.807, 2.05) is 49.4 Å². The molecule has 0 fully saturated rings. The van der Waals surface area contributed by atoms with Crippen molar-refractivity contribution in [3.63, 3.8) is 0 Å². The number of fused-ring (bicyclic) bond motifs is 1. The van der Waals surface area contributed by atoms with Crippen molar-refractivity contribution in [2.45, 2.75) is 6.92 Å². The van der Waals surface area contributed by atoms with Crippen LogP contribution in [-0.2, 0) is 0 Å². The molecule has 1 heterocycles. The summed E-state index contributed by atoms with van der Waals surface area (Å²) in [7, 11) is 0. The molecule has 0 unspecified atom stereocenters. The lowest BCUT2D eigenvalue weighted by Gasteiger charge is -2.06. The summed E-state index contributed by atoms with van der Waals surface area (Å²) >= 11 is 0. The summed E-state index contributed by atoms with van der Waals surface area (Å²) in [4.78, 5) is 11.8. The Kier molecular flexibility index (Phi) is 2.11. The predicted molar refractivity (Wildman–Crippen MR) is 68.6 cm³/mol. The molecule has 0 amide bonds. The van der Waals surface area contributed by atoms with Crippen molar-refractivity contribution in [2.24, 2.45) is 0 Å². The van der Waals surface area contributed by atoms with Crippen LogP contribution in [0.1, 0.15) is 5.69 Å². The molecule has 2 aromatic carbocycles. The summed E-state index contributed by atoms with van der Waals surface area (Å²) in [6, 6.07) is 15.6. The fraction of sp³-hybridized carbons (Fsp3) is 0.0714. The second-order valence-corrected chi connectivity index (χ2v) is 4.11. The van der Waals surface area contributed by atoms with Crippen LogP contribution in [-0.4, -0.2) is 9.78 Å². The fourth-order valence-electron chi connectivity index (χ4n) is 2.10. The lowest BCUT2D eigenvalue weighted by molar-refractivity contribution is 0.841. The highest BCUT2D eigenvalue weighted by atomic mass is 16.1. The van der Waals surface area contributed by atoms with Crippen molar-refractivity contribution in [1.29, 1.82) is 0 Å². The van der Waals surface area contributed by atoms with Gasteiger partial charge in [-0.15, -0.1) is 0 Å². The predicted octanol–water partition coefficient (Wildman–Crippen LogP) is 2.63. The molecule has 3 rings (SSSR count). The van der Waals surface area contributed by atoms with Gasteiger partial charge in [0.05, 0.1) is 5.69 Å². The number of hydrogen-bond donors (Lipinski definition) is 1. The van der Waals surface area contributed by atoms with Crippen molar-refractivity contribution in [1.82, 2.24) is 9.78 Å². The van der Waals surface area contributed by atoms with Gasteiger partial charge in [-0.3, -0.25) is 9.89 Å². The van der Waals surface area contributed by atoms with E-state index in [9.17, 15) is 4.79 Å². The van der Waals surface area contributed by atoms with Crippen molar-refractivity contribution >= 4 is 10.8 Å². The third-order valence-corrected chi connectivity index (χ3v) is 2.86. The van der Waals surface area contributed by atoms with Crippen LogP contribution in [0, 0.1) is 6.92 Å². The van der Waals surface area contributed by atoms with Gasteiger partial charge in [-0.2, -0.15) is 0 Å². The Labute approximate surface area is 98.3 Å². The molecule has 3 nitrogen and oxygen atoms in total. The number of aryl methyl sites for hydroxylation is 1. The summed E-state index contributed by atoms with van der Waals surface area (Å²) < 4.78 is 1.58.